The van der Waals surface area contributed by atoms with Crippen molar-refractivity contribution in [2.75, 3.05) is 0 Å². The summed E-state index contributed by atoms with van der Waals surface area (Å²) >= 11 is 0. The normalized spacial score (nSPS) is 35.8. The van der Waals surface area contributed by atoms with E-state index in [-0.39, 0.29) is 18.1 Å². The van der Waals surface area contributed by atoms with Crippen molar-refractivity contribution < 1.29 is 9.90 Å². The molecule has 4 nitrogen and oxygen atoms in total. The number of aliphatic hydroxyl groups is 1. The van der Waals surface area contributed by atoms with Crippen LogP contribution in [0.1, 0.15) is 32.1 Å². The molecular weight excluding hydrogens is 168 g/mol. The molecule has 0 aromatic heterocycles. The van der Waals surface area contributed by atoms with E-state index in [0.717, 1.165) is 32.1 Å². The van der Waals surface area contributed by atoms with Gasteiger partial charge in [0.15, 0.2) is 0 Å². The molecule has 74 valence electrons. The smallest absolute Gasteiger partial charge is 0.240 e. The standard InChI is InChI=1S/C9H16N2O2/c10-9(4-5-9)8(13)11-6-2-1-3-7(6)12/h6-7,12H,1-5,10H2,(H,11,13). The molecule has 1 amide bonds. The number of carbonyl (C=O) groups is 1. The molecule has 0 bridgehead atoms. The average molecular weight is 184 g/mol. The lowest BCUT2D eigenvalue weighted by atomic mass is 10.2. The van der Waals surface area contributed by atoms with Crippen LogP contribution in [-0.2, 0) is 4.79 Å². The second-order valence-electron chi connectivity index (χ2n) is 4.23. The van der Waals surface area contributed by atoms with Gasteiger partial charge in [-0.2, -0.15) is 0 Å². The van der Waals surface area contributed by atoms with Gasteiger partial charge >= 0.3 is 0 Å². The van der Waals surface area contributed by atoms with Gasteiger partial charge < -0.3 is 16.2 Å². The summed E-state index contributed by atoms with van der Waals surface area (Å²) in [7, 11) is 0. The minimum atomic E-state index is -0.609. The third kappa shape index (κ3) is 1.69. The van der Waals surface area contributed by atoms with Gasteiger partial charge in [-0.1, -0.05) is 0 Å². The molecule has 2 saturated carbocycles. The molecule has 0 radical (unpaired) electrons. The first-order valence-electron chi connectivity index (χ1n) is 4.90. The quantitative estimate of drug-likeness (QED) is 0.542. The molecule has 2 aliphatic carbocycles. The molecule has 0 aliphatic heterocycles. The highest BCUT2D eigenvalue weighted by Crippen LogP contribution is 2.33. The largest absolute Gasteiger partial charge is 0.391 e. The Hall–Kier alpha value is -0.610. The Morgan fingerprint density at radius 2 is 2.15 bits per heavy atom. The highest BCUT2D eigenvalue weighted by molar-refractivity contribution is 5.89. The van der Waals surface area contributed by atoms with Gasteiger partial charge in [-0.3, -0.25) is 4.79 Å². The number of hydrogen-bond donors (Lipinski definition) is 3. The van der Waals surface area contributed by atoms with Crippen LogP contribution in [0.5, 0.6) is 0 Å². The van der Waals surface area contributed by atoms with E-state index in [1.807, 2.05) is 0 Å². The minimum absolute atomic E-state index is 0.0616. The molecule has 2 atom stereocenters. The van der Waals surface area contributed by atoms with Crippen molar-refractivity contribution in [3.63, 3.8) is 0 Å². The van der Waals surface area contributed by atoms with E-state index < -0.39 is 5.54 Å². The minimum Gasteiger partial charge on any atom is -0.391 e. The summed E-state index contributed by atoms with van der Waals surface area (Å²) in [5.74, 6) is -0.0848. The molecule has 4 N–H and O–H groups in total. The van der Waals surface area contributed by atoms with Crippen LogP contribution in [0.2, 0.25) is 0 Å². The molecule has 4 heteroatoms. The molecule has 2 rings (SSSR count). The Balaban J connectivity index is 1.87. The monoisotopic (exact) mass is 184 g/mol. The summed E-state index contributed by atoms with van der Waals surface area (Å²) in [4.78, 5) is 11.5. The molecule has 0 heterocycles. The second-order valence-corrected chi connectivity index (χ2v) is 4.23. The molecule has 0 aromatic carbocycles. The average Bonchev–Trinajstić information content (AvgIpc) is 2.72. The number of carbonyl (C=O) groups excluding carboxylic acids is 1. The summed E-state index contributed by atoms with van der Waals surface area (Å²) in [5, 5.41) is 12.3. The van der Waals surface area contributed by atoms with Gasteiger partial charge in [-0.05, 0) is 32.1 Å². The van der Waals surface area contributed by atoms with Crippen LogP contribution in [0, 0.1) is 0 Å². The zero-order chi connectivity index (χ0) is 9.47. The van der Waals surface area contributed by atoms with Crippen LogP contribution < -0.4 is 11.1 Å². The first-order chi connectivity index (χ1) is 6.12. The lowest BCUT2D eigenvalue weighted by molar-refractivity contribution is -0.124. The van der Waals surface area contributed by atoms with E-state index in [1.54, 1.807) is 0 Å². The number of rotatable bonds is 2. The van der Waals surface area contributed by atoms with Crippen LogP contribution in [0.15, 0.2) is 0 Å². The van der Waals surface area contributed by atoms with E-state index in [4.69, 9.17) is 5.73 Å². The van der Waals surface area contributed by atoms with E-state index in [2.05, 4.69) is 5.32 Å². The maximum Gasteiger partial charge on any atom is 0.240 e. The van der Waals surface area contributed by atoms with Crippen LogP contribution in [0.3, 0.4) is 0 Å². The van der Waals surface area contributed by atoms with Crippen molar-refractivity contribution >= 4 is 5.91 Å². The van der Waals surface area contributed by atoms with Crippen molar-refractivity contribution in [3.05, 3.63) is 0 Å². The van der Waals surface area contributed by atoms with E-state index in [9.17, 15) is 9.90 Å². The first kappa shape index (κ1) is 8.97. The van der Waals surface area contributed by atoms with E-state index in [1.165, 1.54) is 0 Å². The van der Waals surface area contributed by atoms with Gasteiger partial charge in [0.1, 0.15) is 0 Å². The van der Waals surface area contributed by atoms with Gasteiger partial charge in [0.25, 0.3) is 0 Å². The van der Waals surface area contributed by atoms with Crippen molar-refractivity contribution in [3.8, 4) is 0 Å². The van der Waals surface area contributed by atoms with Gasteiger partial charge in [0.2, 0.25) is 5.91 Å². The van der Waals surface area contributed by atoms with Crippen molar-refractivity contribution in [1.82, 2.24) is 5.32 Å². The van der Waals surface area contributed by atoms with Gasteiger partial charge in [0.05, 0.1) is 17.7 Å². The molecule has 2 aliphatic rings. The highest BCUT2D eigenvalue weighted by atomic mass is 16.3. The lowest BCUT2D eigenvalue weighted by Gasteiger charge is -2.18. The Bertz CT molecular complexity index is 226. The van der Waals surface area contributed by atoms with Crippen LogP contribution in [-0.4, -0.2) is 28.7 Å². The van der Waals surface area contributed by atoms with Crippen molar-refractivity contribution in [2.24, 2.45) is 5.73 Å². The molecule has 0 spiro atoms. The predicted octanol–water partition coefficient (Wildman–Crippen LogP) is -0.493. The van der Waals surface area contributed by atoms with Crippen LogP contribution in [0.25, 0.3) is 0 Å². The Kier molecular flexibility index (Phi) is 2.04. The fraction of sp³-hybridized carbons (Fsp3) is 0.889. The summed E-state index contributed by atoms with van der Waals surface area (Å²) in [6.45, 7) is 0. The van der Waals surface area contributed by atoms with Crippen LogP contribution in [0.4, 0.5) is 0 Å². The fourth-order valence-corrected chi connectivity index (χ4v) is 1.78. The third-order valence-corrected chi connectivity index (χ3v) is 3.04. The zero-order valence-electron chi connectivity index (χ0n) is 7.62. The summed E-state index contributed by atoms with van der Waals surface area (Å²) in [6.07, 6.45) is 3.85. The van der Waals surface area contributed by atoms with Gasteiger partial charge in [-0.15, -0.1) is 0 Å². The fourth-order valence-electron chi connectivity index (χ4n) is 1.78. The highest BCUT2D eigenvalue weighted by Gasteiger charge is 2.47. The maximum absolute atomic E-state index is 11.5. The molecule has 0 aromatic rings. The predicted molar refractivity (Wildman–Crippen MR) is 47.9 cm³/mol. The lowest BCUT2D eigenvalue weighted by Crippen LogP contribution is -2.49. The molecule has 2 unspecified atom stereocenters. The van der Waals surface area contributed by atoms with E-state index in [0.29, 0.717) is 0 Å². The summed E-state index contributed by atoms with van der Waals surface area (Å²) < 4.78 is 0. The Labute approximate surface area is 77.5 Å². The second kappa shape index (κ2) is 2.96. The number of nitrogens with one attached hydrogen (secondary N) is 1. The molecule has 0 saturated heterocycles. The van der Waals surface area contributed by atoms with Crippen molar-refractivity contribution in [2.45, 2.75) is 49.8 Å². The third-order valence-electron chi connectivity index (χ3n) is 3.04. The number of aliphatic hydroxyl groups excluding tert-OH is 1. The van der Waals surface area contributed by atoms with Gasteiger partial charge in [0, 0.05) is 0 Å². The number of nitrogens with two attached hydrogens (primary N) is 1. The summed E-state index contributed by atoms with van der Waals surface area (Å²) in [6, 6.07) is -0.0616. The molecular formula is C9H16N2O2. The molecule has 2 fully saturated rings. The SMILES string of the molecule is NC1(C(=O)NC2CCCC2O)CC1. The first-order valence-corrected chi connectivity index (χ1v) is 4.90. The molecule has 13 heavy (non-hydrogen) atoms. The van der Waals surface area contributed by atoms with Crippen LogP contribution >= 0.6 is 0 Å². The topological polar surface area (TPSA) is 75.4 Å². The number of amides is 1. The maximum atomic E-state index is 11.5. The van der Waals surface area contributed by atoms with Crippen molar-refractivity contribution in [1.29, 1.82) is 0 Å². The van der Waals surface area contributed by atoms with E-state index >= 15 is 0 Å². The summed E-state index contributed by atoms with van der Waals surface area (Å²) in [5.41, 5.74) is 5.11. The Morgan fingerprint density at radius 3 is 2.62 bits per heavy atom. The van der Waals surface area contributed by atoms with Gasteiger partial charge in [-0.25, -0.2) is 0 Å². The Morgan fingerprint density at radius 1 is 1.46 bits per heavy atom. The number of hydrogen-bond acceptors (Lipinski definition) is 3. The zero-order valence-corrected chi connectivity index (χ0v) is 7.62.